The quantitative estimate of drug-likeness (QED) is 0.774. The maximum absolute atomic E-state index is 11.0. The number of aromatic nitrogens is 2. The van der Waals surface area contributed by atoms with Crippen molar-refractivity contribution < 1.29 is 4.79 Å². The van der Waals surface area contributed by atoms with Crippen molar-refractivity contribution in [2.45, 2.75) is 13.5 Å². The van der Waals surface area contributed by atoms with Crippen molar-refractivity contribution in [2.24, 2.45) is 0 Å². The molecule has 0 saturated heterocycles. The summed E-state index contributed by atoms with van der Waals surface area (Å²) in [5, 5.41) is 6.08. The minimum atomic E-state index is 0.0320. The molecule has 2 rings (SSSR count). The molecule has 0 unspecified atom stereocenters. The first kappa shape index (κ1) is 10.4. The molecule has 0 N–H and O–H groups in total. The molecule has 3 nitrogen and oxygen atoms in total. The summed E-state index contributed by atoms with van der Waals surface area (Å²) in [4.78, 5) is 11.0. The molecule has 0 aliphatic carbocycles. The molecule has 0 aliphatic rings. The molecule has 15 heavy (non-hydrogen) atoms. The molecule has 2 aromatic rings. The van der Waals surface area contributed by atoms with Gasteiger partial charge >= 0.3 is 0 Å². The normalized spacial score (nSPS) is 10.5. The third kappa shape index (κ3) is 2.46. The lowest BCUT2D eigenvalue weighted by Gasteiger charge is -1.96. The molecule has 2 aromatic heterocycles. The monoisotopic (exact) mass is 240 g/mol. The average Bonchev–Trinajstić information content (AvgIpc) is 2.76. The first-order valence-corrected chi connectivity index (χ1v) is 5.67. The highest BCUT2D eigenvalue weighted by Crippen LogP contribution is 2.20. The Balaban J connectivity index is 2.14. The number of Topliss-reactive ketones (excluding diaryl/α,β-unsaturated/α-hetero) is 1. The summed E-state index contributed by atoms with van der Waals surface area (Å²) < 4.78 is 2.50. The molecule has 0 saturated carbocycles. The first-order chi connectivity index (χ1) is 7.15. The van der Waals surface area contributed by atoms with Gasteiger partial charge in [-0.25, -0.2) is 0 Å². The smallest absolute Gasteiger partial charge is 0.162 e. The fourth-order valence-corrected chi connectivity index (χ4v) is 2.15. The average molecular weight is 241 g/mol. The highest BCUT2D eigenvalue weighted by Gasteiger charge is 2.04. The molecule has 78 valence electrons. The molecule has 5 heteroatoms. The summed E-state index contributed by atoms with van der Waals surface area (Å²) in [7, 11) is 0. The van der Waals surface area contributed by atoms with Gasteiger partial charge in [-0.2, -0.15) is 5.10 Å². The second-order valence-corrected chi connectivity index (χ2v) is 4.78. The van der Waals surface area contributed by atoms with Crippen molar-refractivity contribution >= 4 is 28.7 Å². The molecule has 0 radical (unpaired) electrons. The van der Waals surface area contributed by atoms with Crippen LogP contribution in [0.25, 0.3) is 0 Å². The van der Waals surface area contributed by atoms with Gasteiger partial charge in [0.05, 0.1) is 22.6 Å². The minimum absolute atomic E-state index is 0.0320. The van der Waals surface area contributed by atoms with Gasteiger partial charge in [0.1, 0.15) is 0 Å². The van der Waals surface area contributed by atoms with Crippen LogP contribution in [0.15, 0.2) is 23.8 Å². The Morgan fingerprint density at radius 2 is 2.47 bits per heavy atom. The van der Waals surface area contributed by atoms with Gasteiger partial charge in [0.25, 0.3) is 0 Å². The predicted octanol–water partition coefficient (Wildman–Crippen LogP) is 2.85. The van der Waals surface area contributed by atoms with Gasteiger partial charge in [0.15, 0.2) is 5.78 Å². The molecule has 0 aliphatic heterocycles. The number of carbonyl (C=O) groups excluding carboxylic acids is 1. The summed E-state index contributed by atoms with van der Waals surface area (Å²) in [6.07, 6.45) is 3.32. The van der Waals surface area contributed by atoms with Crippen molar-refractivity contribution in [2.75, 3.05) is 0 Å². The van der Waals surface area contributed by atoms with E-state index in [1.54, 1.807) is 17.1 Å². The van der Waals surface area contributed by atoms with Crippen LogP contribution >= 0.6 is 22.9 Å². The van der Waals surface area contributed by atoms with E-state index < -0.39 is 0 Å². The number of carbonyl (C=O) groups is 1. The Kier molecular flexibility index (Phi) is 2.88. The summed E-state index contributed by atoms with van der Waals surface area (Å²) >= 11 is 7.31. The number of halogens is 1. The zero-order valence-corrected chi connectivity index (χ0v) is 9.68. The number of thiophene rings is 1. The Morgan fingerprint density at radius 3 is 3.00 bits per heavy atom. The van der Waals surface area contributed by atoms with Crippen molar-refractivity contribution in [1.82, 2.24) is 9.78 Å². The fourth-order valence-electron chi connectivity index (χ4n) is 1.25. The lowest BCUT2D eigenvalue weighted by Crippen LogP contribution is -1.98. The second kappa shape index (κ2) is 4.16. The molecule has 0 fully saturated rings. The van der Waals surface area contributed by atoms with Crippen molar-refractivity contribution in [3.05, 3.63) is 39.3 Å². The van der Waals surface area contributed by atoms with E-state index in [4.69, 9.17) is 11.6 Å². The highest BCUT2D eigenvalue weighted by atomic mass is 35.5. The Morgan fingerprint density at radius 1 is 1.67 bits per heavy atom. The molecular weight excluding hydrogens is 232 g/mol. The number of nitrogens with zero attached hydrogens (tertiary/aromatic N) is 2. The van der Waals surface area contributed by atoms with Gasteiger partial charge in [0.2, 0.25) is 0 Å². The van der Waals surface area contributed by atoms with Gasteiger partial charge in [-0.3, -0.25) is 9.48 Å². The number of hydrogen-bond donors (Lipinski definition) is 0. The first-order valence-electron chi connectivity index (χ1n) is 4.41. The summed E-state index contributed by atoms with van der Waals surface area (Å²) in [6.45, 7) is 2.18. The third-order valence-corrected chi connectivity index (χ3v) is 3.15. The van der Waals surface area contributed by atoms with Gasteiger partial charge in [0, 0.05) is 6.20 Å². The zero-order valence-electron chi connectivity index (χ0n) is 8.11. The van der Waals surface area contributed by atoms with E-state index in [9.17, 15) is 4.79 Å². The van der Waals surface area contributed by atoms with Crippen LogP contribution in [0.5, 0.6) is 0 Å². The van der Waals surface area contributed by atoms with Crippen molar-refractivity contribution in [3.63, 3.8) is 0 Å². The van der Waals surface area contributed by atoms with Crippen LogP contribution in [0, 0.1) is 0 Å². The van der Waals surface area contributed by atoms with Gasteiger partial charge in [-0.1, -0.05) is 11.6 Å². The Hall–Kier alpha value is -1.13. The summed E-state index contributed by atoms with van der Waals surface area (Å²) in [5.41, 5.74) is 1.74. The van der Waals surface area contributed by atoms with Crippen LogP contribution in [-0.2, 0) is 6.54 Å². The topological polar surface area (TPSA) is 34.9 Å². The third-order valence-electron chi connectivity index (χ3n) is 2.01. The lowest BCUT2D eigenvalue weighted by molar-refractivity contribution is 0.101. The van der Waals surface area contributed by atoms with Crippen LogP contribution in [0.2, 0.25) is 4.34 Å². The van der Waals surface area contributed by atoms with Gasteiger partial charge in [-0.05, 0) is 23.9 Å². The van der Waals surface area contributed by atoms with E-state index in [0.29, 0.717) is 12.1 Å². The second-order valence-electron chi connectivity index (χ2n) is 3.24. The summed E-state index contributed by atoms with van der Waals surface area (Å²) in [6, 6.07) is 1.90. The summed E-state index contributed by atoms with van der Waals surface area (Å²) in [5.74, 6) is 0.0320. The van der Waals surface area contributed by atoms with E-state index in [1.807, 2.05) is 11.4 Å². The number of rotatable bonds is 3. The van der Waals surface area contributed by atoms with E-state index in [-0.39, 0.29) is 5.78 Å². The van der Waals surface area contributed by atoms with E-state index in [2.05, 4.69) is 5.10 Å². The van der Waals surface area contributed by atoms with Crippen LogP contribution in [0.1, 0.15) is 22.8 Å². The highest BCUT2D eigenvalue weighted by molar-refractivity contribution is 7.14. The number of ketones is 1. The van der Waals surface area contributed by atoms with E-state index >= 15 is 0 Å². The maximum atomic E-state index is 11.0. The molecule has 0 spiro atoms. The van der Waals surface area contributed by atoms with Crippen LogP contribution in [0.4, 0.5) is 0 Å². The van der Waals surface area contributed by atoms with Crippen molar-refractivity contribution in [1.29, 1.82) is 0 Å². The van der Waals surface area contributed by atoms with E-state index in [0.717, 1.165) is 9.90 Å². The largest absolute Gasteiger partial charge is 0.294 e. The van der Waals surface area contributed by atoms with E-state index in [1.165, 1.54) is 18.3 Å². The molecular formula is C10H9ClN2OS. The lowest BCUT2D eigenvalue weighted by atomic mass is 10.3. The molecule has 0 bridgehead atoms. The SMILES string of the molecule is CC(=O)c1cnn(Cc2csc(Cl)c2)c1. The van der Waals surface area contributed by atoms with Gasteiger partial charge in [-0.15, -0.1) is 11.3 Å². The molecule has 0 aromatic carbocycles. The van der Waals surface area contributed by atoms with Crippen molar-refractivity contribution in [3.8, 4) is 0 Å². The standard InChI is InChI=1S/C10H9ClN2OS/c1-7(14)9-3-12-13(5-9)4-8-2-10(11)15-6-8/h2-3,5-6H,4H2,1H3. The van der Waals surface area contributed by atoms with Crippen LogP contribution in [0.3, 0.4) is 0 Å². The molecule has 2 heterocycles. The van der Waals surface area contributed by atoms with Gasteiger partial charge < -0.3 is 0 Å². The predicted molar refractivity (Wildman–Crippen MR) is 60.7 cm³/mol. The molecule has 0 amide bonds. The number of hydrogen-bond acceptors (Lipinski definition) is 3. The van der Waals surface area contributed by atoms with Crippen LogP contribution in [-0.4, -0.2) is 15.6 Å². The zero-order chi connectivity index (χ0) is 10.8. The fraction of sp³-hybridized carbons (Fsp3) is 0.200. The molecule has 0 atom stereocenters. The Labute approximate surface area is 96.3 Å². The Bertz CT molecular complexity index is 489. The maximum Gasteiger partial charge on any atom is 0.162 e. The minimum Gasteiger partial charge on any atom is -0.294 e. The van der Waals surface area contributed by atoms with Crippen LogP contribution < -0.4 is 0 Å².